The van der Waals surface area contributed by atoms with E-state index in [1.165, 1.54) is 18.8 Å². The van der Waals surface area contributed by atoms with Crippen LogP contribution >= 0.6 is 0 Å². The monoisotopic (exact) mass is 342 g/mol. The Morgan fingerprint density at radius 3 is 2.38 bits per heavy atom. The Bertz CT molecular complexity index is 598. The van der Waals surface area contributed by atoms with Crippen LogP contribution in [0, 0.1) is 29.6 Å². The smallest absolute Gasteiger partial charge is 0.406 e. The zero-order valence-electron chi connectivity index (χ0n) is 13.3. The molecule has 0 unspecified atom stereocenters. The zero-order chi connectivity index (χ0) is 16.9. The average molecular weight is 342 g/mol. The lowest BCUT2D eigenvalue weighted by atomic mass is 9.52. The molecule has 1 aromatic heterocycles. The number of hydrogen-bond donors (Lipinski definition) is 0. The summed E-state index contributed by atoms with van der Waals surface area (Å²) in [4.78, 5) is 16.4. The molecule has 1 heterocycles. The number of aromatic nitrogens is 2. The van der Waals surface area contributed by atoms with Gasteiger partial charge in [-0.2, -0.15) is 13.2 Å². The largest absolute Gasteiger partial charge is 0.457 e. The molecule has 0 aromatic carbocycles. The number of halogens is 3. The predicted octanol–water partition coefficient (Wildman–Crippen LogP) is 3.56. The number of esters is 1. The summed E-state index contributed by atoms with van der Waals surface area (Å²) in [6, 6.07) is 0. The van der Waals surface area contributed by atoms with Crippen molar-refractivity contribution in [3.05, 3.63) is 18.2 Å². The van der Waals surface area contributed by atoms with Gasteiger partial charge in [0, 0.05) is 12.4 Å². The molecular formula is C17H21F3N2O2. The van der Waals surface area contributed by atoms with Gasteiger partial charge in [0.15, 0.2) is 0 Å². The second-order valence-electron chi connectivity index (χ2n) is 7.65. The fraction of sp³-hybridized carbons (Fsp3) is 0.765. The van der Waals surface area contributed by atoms with E-state index in [-0.39, 0.29) is 24.3 Å². The predicted molar refractivity (Wildman–Crippen MR) is 78.6 cm³/mol. The second kappa shape index (κ2) is 5.77. The summed E-state index contributed by atoms with van der Waals surface area (Å²) in [5, 5.41) is 0. The van der Waals surface area contributed by atoms with Crippen LogP contribution in [0.1, 0.15) is 37.9 Å². The van der Waals surface area contributed by atoms with E-state index in [0.717, 1.165) is 42.1 Å². The fourth-order valence-corrected chi connectivity index (χ4v) is 5.36. The molecule has 5 rings (SSSR count). The number of rotatable bonds is 4. The van der Waals surface area contributed by atoms with Crippen molar-refractivity contribution >= 4 is 5.97 Å². The van der Waals surface area contributed by atoms with Crippen LogP contribution in [-0.2, 0) is 22.7 Å². The van der Waals surface area contributed by atoms with Crippen LogP contribution in [0.2, 0.25) is 0 Å². The van der Waals surface area contributed by atoms with Gasteiger partial charge in [-0.25, -0.2) is 4.98 Å². The molecule has 4 nitrogen and oxygen atoms in total. The molecule has 132 valence electrons. The summed E-state index contributed by atoms with van der Waals surface area (Å²) in [7, 11) is 0. The number of carbonyl (C=O) groups excluding carboxylic acids is 1. The van der Waals surface area contributed by atoms with Crippen molar-refractivity contribution < 1.29 is 22.7 Å². The molecular weight excluding hydrogens is 321 g/mol. The number of imidazole rings is 1. The first-order valence-corrected chi connectivity index (χ1v) is 8.62. The van der Waals surface area contributed by atoms with E-state index >= 15 is 0 Å². The summed E-state index contributed by atoms with van der Waals surface area (Å²) < 4.78 is 44.0. The highest BCUT2D eigenvalue weighted by atomic mass is 19.4. The maximum absolute atomic E-state index is 12.5. The molecule has 7 heteroatoms. The molecule has 0 N–H and O–H groups in total. The van der Waals surface area contributed by atoms with Gasteiger partial charge in [-0.15, -0.1) is 0 Å². The molecule has 4 fully saturated rings. The number of carbonyl (C=O) groups is 1. The molecule has 0 amide bonds. The lowest BCUT2D eigenvalue weighted by Crippen LogP contribution is -2.48. The van der Waals surface area contributed by atoms with Gasteiger partial charge in [0.05, 0.1) is 5.92 Å². The van der Waals surface area contributed by atoms with Crippen LogP contribution in [0.25, 0.3) is 0 Å². The Hall–Kier alpha value is -1.53. The van der Waals surface area contributed by atoms with Gasteiger partial charge < -0.3 is 9.30 Å². The number of alkyl halides is 3. The normalized spacial score (nSPS) is 34.5. The van der Waals surface area contributed by atoms with Gasteiger partial charge in [0.25, 0.3) is 0 Å². The van der Waals surface area contributed by atoms with Crippen LogP contribution in [0.3, 0.4) is 0 Å². The van der Waals surface area contributed by atoms with Crippen molar-refractivity contribution in [2.45, 2.75) is 51.4 Å². The van der Waals surface area contributed by atoms with E-state index in [2.05, 4.69) is 4.98 Å². The lowest BCUT2D eigenvalue weighted by Gasteiger charge is -2.53. The van der Waals surface area contributed by atoms with E-state index in [0.29, 0.717) is 11.8 Å². The van der Waals surface area contributed by atoms with Crippen molar-refractivity contribution in [1.29, 1.82) is 0 Å². The molecule has 0 saturated heterocycles. The third-order valence-electron chi connectivity index (χ3n) is 5.99. The quantitative estimate of drug-likeness (QED) is 0.786. The SMILES string of the molecule is O=C(OCc1nccn1CC(F)(F)F)C1C2CC3CC(C2)CC1C3. The molecule has 24 heavy (non-hydrogen) atoms. The van der Waals surface area contributed by atoms with Crippen LogP contribution in [-0.4, -0.2) is 21.7 Å². The number of ether oxygens (including phenoxy) is 1. The van der Waals surface area contributed by atoms with Crippen molar-refractivity contribution in [3.63, 3.8) is 0 Å². The van der Waals surface area contributed by atoms with Crippen molar-refractivity contribution in [2.75, 3.05) is 0 Å². The number of hydrogen-bond acceptors (Lipinski definition) is 3. The van der Waals surface area contributed by atoms with E-state index in [9.17, 15) is 18.0 Å². The van der Waals surface area contributed by atoms with Gasteiger partial charge in [-0.1, -0.05) is 0 Å². The van der Waals surface area contributed by atoms with Crippen LogP contribution in [0.4, 0.5) is 13.2 Å². The molecule has 4 bridgehead atoms. The highest BCUT2D eigenvalue weighted by Gasteiger charge is 2.51. The Balaban J connectivity index is 1.38. The van der Waals surface area contributed by atoms with Crippen LogP contribution in [0.15, 0.2) is 12.4 Å². The Kier molecular flexibility index (Phi) is 3.84. The van der Waals surface area contributed by atoms with Crippen molar-refractivity contribution in [1.82, 2.24) is 9.55 Å². The van der Waals surface area contributed by atoms with Crippen molar-refractivity contribution in [3.8, 4) is 0 Å². The van der Waals surface area contributed by atoms with Gasteiger partial charge in [0.2, 0.25) is 0 Å². The number of nitrogens with zero attached hydrogens (tertiary/aromatic N) is 2. The highest BCUT2D eigenvalue weighted by Crippen LogP contribution is 2.56. The van der Waals surface area contributed by atoms with E-state index in [1.807, 2.05) is 0 Å². The van der Waals surface area contributed by atoms with Gasteiger partial charge in [-0.05, 0) is 55.8 Å². The Morgan fingerprint density at radius 1 is 1.17 bits per heavy atom. The third kappa shape index (κ3) is 3.05. The molecule has 0 aliphatic heterocycles. The molecule has 0 radical (unpaired) electrons. The van der Waals surface area contributed by atoms with E-state index in [4.69, 9.17) is 4.74 Å². The lowest BCUT2D eigenvalue weighted by molar-refractivity contribution is -0.164. The Labute approximate surface area is 138 Å². The van der Waals surface area contributed by atoms with Crippen LogP contribution < -0.4 is 0 Å². The van der Waals surface area contributed by atoms with Crippen LogP contribution in [0.5, 0.6) is 0 Å². The van der Waals surface area contributed by atoms with E-state index in [1.54, 1.807) is 0 Å². The summed E-state index contributed by atoms with van der Waals surface area (Å²) in [6.07, 6.45) is 3.98. The van der Waals surface area contributed by atoms with E-state index < -0.39 is 12.7 Å². The summed E-state index contributed by atoms with van der Waals surface area (Å²) in [5.41, 5.74) is 0. The molecule has 1 aromatic rings. The summed E-state index contributed by atoms with van der Waals surface area (Å²) in [6.45, 7) is -1.30. The molecule has 0 spiro atoms. The average Bonchev–Trinajstić information content (AvgIpc) is 2.89. The topological polar surface area (TPSA) is 44.1 Å². The fourth-order valence-electron chi connectivity index (χ4n) is 5.36. The minimum Gasteiger partial charge on any atom is -0.457 e. The minimum absolute atomic E-state index is 0.0659. The maximum Gasteiger partial charge on any atom is 0.406 e. The molecule has 0 atom stereocenters. The molecule has 4 aliphatic rings. The highest BCUT2D eigenvalue weighted by molar-refractivity contribution is 5.73. The minimum atomic E-state index is -4.32. The first kappa shape index (κ1) is 16.0. The maximum atomic E-state index is 12.5. The second-order valence-corrected chi connectivity index (χ2v) is 7.65. The standard InChI is InChI=1S/C17H21F3N2O2/c18-17(19,20)9-22-2-1-21-14(22)8-24-16(23)15-12-4-10-3-11(6-12)7-13(15)5-10/h1-2,10-13,15H,3-9H2. The van der Waals surface area contributed by atoms with Gasteiger partial charge in [0.1, 0.15) is 19.0 Å². The summed E-state index contributed by atoms with van der Waals surface area (Å²) >= 11 is 0. The zero-order valence-corrected chi connectivity index (χ0v) is 13.3. The first-order valence-electron chi connectivity index (χ1n) is 8.62. The first-order chi connectivity index (χ1) is 11.4. The Morgan fingerprint density at radius 2 is 1.79 bits per heavy atom. The van der Waals surface area contributed by atoms with Gasteiger partial charge in [-0.3, -0.25) is 4.79 Å². The third-order valence-corrected chi connectivity index (χ3v) is 5.99. The summed E-state index contributed by atoms with van der Waals surface area (Å²) in [5.74, 6) is 2.18. The van der Waals surface area contributed by atoms with Crippen molar-refractivity contribution in [2.24, 2.45) is 29.6 Å². The van der Waals surface area contributed by atoms with Gasteiger partial charge >= 0.3 is 12.1 Å². The molecule has 4 aliphatic carbocycles. The molecule has 4 saturated carbocycles.